The number of carbonyl (C=O) groups excluding carboxylic acids is 1. The summed E-state index contributed by atoms with van der Waals surface area (Å²) in [4.78, 5) is 12.2. The van der Waals surface area contributed by atoms with Crippen molar-refractivity contribution in [2.24, 2.45) is 0 Å². The summed E-state index contributed by atoms with van der Waals surface area (Å²) < 4.78 is 0. The minimum Gasteiger partial charge on any atom is -0.399 e. The minimum atomic E-state index is -0.219. The molecule has 1 aromatic heterocycles. The standard InChI is InChI=1S/C14H11ClN4O/c15-13-10-6-9(16)7-11(12(10)18-19-13)17-14(20)8-4-2-1-3-5-8/h1-7H,16H2,(H,17,20)(H,18,19). The maximum Gasteiger partial charge on any atom is 0.255 e. The summed E-state index contributed by atoms with van der Waals surface area (Å²) in [6.45, 7) is 0. The fourth-order valence-corrected chi connectivity index (χ4v) is 2.19. The second kappa shape index (κ2) is 4.86. The van der Waals surface area contributed by atoms with Crippen LogP contribution < -0.4 is 11.1 Å². The van der Waals surface area contributed by atoms with Crippen molar-refractivity contribution in [2.45, 2.75) is 0 Å². The van der Waals surface area contributed by atoms with Crippen molar-refractivity contribution in [3.8, 4) is 0 Å². The lowest BCUT2D eigenvalue weighted by molar-refractivity contribution is 0.102. The Balaban J connectivity index is 2.01. The summed E-state index contributed by atoms with van der Waals surface area (Å²) in [7, 11) is 0. The molecule has 0 fully saturated rings. The molecule has 0 radical (unpaired) electrons. The number of amides is 1. The maximum atomic E-state index is 12.2. The van der Waals surface area contributed by atoms with Gasteiger partial charge in [0, 0.05) is 16.6 Å². The molecule has 3 aromatic rings. The van der Waals surface area contributed by atoms with E-state index >= 15 is 0 Å². The van der Waals surface area contributed by atoms with Gasteiger partial charge in [0.05, 0.1) is 11.2 Å². The predicted molar refractivity (Wildman–Crippen MR) is 79.9 cm³/mol. The van der Waals surface area contributed by atoms with Gasteiger partial charge in [0.1, 0.15) is 0 Å². The third-order valence-electron chi connectivity index (χ3n) is 2.93. The smallest absolute Gasteiger partial charge is 0.255 e. The second-order valence-corrected chi connectivity index (χ2v) is 4.68. The summed E-state index contributed by atoms with van der Waals surface area (Å²) >= 11 is 5.96. The van der Waals surface area contributed by atoms with Crippen molar-refractivity contribution >= 4 is 39.8 Å². The highest BCUT2D eigenvalue weighted by Gasteiger charge is 2.12. The number of nitrogens with zero attached hydrogens (tertiary/aromatic N) is 1. The molecule has 100 valence electrons. The van der Waals surface area contributed by atoms with Crippen molar-refractivity contribution in [2.75, 3.05) is 11.1 Å². The van der Waals surface area contributed by atoms with Gasteiger partial charge >= 0.3 is 0 Å². The van der Waals surface area contributed by atoms with E-state index in [0.717, 1.165) is 0 Å². The molecule has 0 aliphatic rings. The molecule has 4 N–H and O–H groups in total. The number of aromatic amines is 1. The Kier molecular flexibility index (Phi) is 3.04. The van der Waals surface area contributed by atoms with E-state index in [1.54, 1.807) is 36.4 Å². The van der Waals surface area contributed by atoms with Gasteiger partial charge in [0.25, 0.3) is 5.91 Å². The van der Waals surface area contributed by atoms with Crippen molar-refractivity contribution < 1.29 is 4.79 Å². The fraction of sp³-hybridized carbons (Fsp3) is 0. The lowest BCUT2D eigenvalue weighted by Gasteiger charge is -2.07. The molecule has 0 unspecified atom stereocenters. The Hall–Kier alpha value is -2.53. The van der Waals surface area contributed by atoms with E-state index in [1.165, 1.54) is 0 Å². The number of anilines is 2. The van der Waals surface area contributed by atoms with Crippen LogP contribution in [-0.4, -0.2) is 16.1 Å². The normalized spacial score (nSPS) is 10.7. The number of benzene rings is 2. The molecule has 5 nitrogen and oxygen atoms in total. The van der Waals surface area contributed by atoms with E-state index < -0.39 is 0 Å². The maximum absolute atomic E-state index is 12.2. The van der Waals surface area contributed by atoms with Gasteiger partial charge in [0.2, 0.25) is 0 Å². The van der Waals surface area contributed by atoms with E-state index in [4.69, 9.17) is 17.3 Å². The van der Waals surface area contributed by atoms with Crippen LogP contribution in [0.2, 0.25) is 5.15 Å². The average Bonchev–Trinajstić information content (AvgIpc) is 2.81. The number of fused-ring (bicyclic) bond motifs is 1. The molecule has 0 bridgehead atoms. The van der Waals surface area contributed by atoms with Crippen molar-refractivity contribution in [1.82, 2.24) is 10.2 Å². The first-order valence-corrected chi connectivity index (χ1v) is 6.32. The lowest BCUT2D eigenvalue weighted by atomic mass is 10.1. The molecule has 0 aliphatic carbocycles. The van der Waals surface area contributed by atoms with Crippen LogP contribution >= 0.6 is 11.6 Å². The summed E-state index contributed by atoms with van der Waals surface area (Å²) in [6, 6.07) is 12.3. The number of carbonyl (C=O) groups is 1. The van der Waals surface area contributed by atoms with E-state index in [1.807, 2.05) is 6.07 Å². The number of hydrogen-bond acceptors (Lipinski definition) is 3. The number of nitrogens with two attached hydrogens (primary N) is 1. The van der Waals surface area contributed by atoms with Crippen LogP contribution in [0.4, 0.5) is 11.4 Å². The largest absolute Gasteiger partial charge is 0.399 e. The molecule has 0 saturated carbocycles. The van der Waals surface area contributed by atoms with Crippen LogP contribution in [0.1, 0.15) is 10.4 Å². The monoisotopic (exact) mass is 286 g/mol. The second-order valence-electron chi connectivity index (χ2n) is 4.33. The van der Waals surface area contributed by atoms with Gasteiger partial charge in [0.15, 0.2) is 5.15 Å². The van der Waals surface area contributed by atoms with Crippen LogP contribution in [0.15, 0.2) is 42.5 Å². The third-order valence-corrected chi connectivity index (χ3v) is 3.22. The summed E-state index contributed by atoms with van der Waals surface area (Å²) in [5.41, 5.74) is 8.08. The topological polar surface area (TPSA) is 83.8 Å². The average molecular weight is 287 g/mol. The Morgan fingerprint density at radius 2 is 2.00 bits per heavy atom. The predicted octanol–water partition coefficient (Wildman–Crippen LogP) is 3.05. The quantitative estimate of drug-likeness (QED) is 0.633. The molecule has 0 spiro atoms. The number of rotatable bonds is 2. The Bertz CT molecular complexity index is 782. The zero-order chi connectivity index (χ0) is 14.1. The first-order chi connectivity index (χ1) is 9.65. The van der Waals surface area contributed by atoms with E-state index in [-0.39, 0.29) is 5.91 Å². The summed E-state index contributed by atoms with van der Waals surface area (Å²) in [6.07, 6.45) is 0. The Morgan fingerprint density at radius 3 is 2.75 bits per heavy atom. The third kappa shape index (κ3) is 2.19. The number of halogens is 1. The number of nitrogens with one attached hydrogen (secondary N) is 2. The van der Waals surface area contributed by atoms with E-state index in [2.05, 4.69) is 15.5 Å². The van der Waals surface area contributed by atoms with Gasteiger partial charge in [-0.3, -0.25) is 9.89 Å². The molecule has 6 heteroatoms. The highest BCUT2D eigenvalue weighted by molar-refractivity contribution is 6.34. The SMILES string of the molecule is Nc1cc(NC(=O)c2ccccc2)c2[nH]nc(Cl)c2c1. The van der Waals surface area contributed by atoms with Crippen LogP contribution in [0.3, 0.4) is 0 Å². The number of nitrogen functional groups attached to an aromatic ring is 1. The molecule has 20 heavy (non-hydrogen) atoms. The minimum absolute atomic E-state index is 0.219. The van der Waals surface area contributed by atoms with Gasteiger partial charge in [-0.05, 0) is 24.3 Å². The van der Waals surface area contributed by atoms with E-state index in [0.29, 0.717) is 33.0 Å². The zero-order valence-electron chi connectivity index (χ0n) is 10.4. The van der Waals surface area contributed by atoms with Gasteiger partial charge in [-0.2, -0.15) is 5.10 Å². The Morgan fingerprint density at radius 1 is 1.25 bits per heavy atom. The highest BCUT2D eigenvalue weighted by atomic mass is 35.5. The number of hydrogen-bond donors (Lipinski definition) is 3. The fourth-order valence-electron chi connectivity index (χ4n) is 2.00. The molecule has 0 aliphatic heterocycles. The van der Waals surface area contributed by atoms with Crippen molar-refractivity contribution in [3.05, 3.63) is 53.2 Å². The molecule has 0 atom stereocenters. The molecule has 2 aromatic carbocycles. The summed E-state index contributed by atoms with van der Waals surface area (Å²) in [5.74, 6) is -0.219. The number of aromatic nitrogens is 2. The summed E-state index contributed by atoms with van der Waals surface area (Å²) in [5, 5.41) is 10.5. The van der Waals surface area contributed by atoms with Gasteiger partial charge < -0.3 is 11.1 Å². The molecule has 1 heterocycles. The molecular formula is C14H11ClN4O. The van der Waals surface area contributed by atoms with Crippen molar-refractivity contribution in [3.63, 3.8) is 0 Å². The van der Waals surface area contributed by atoms with Gasteiger partial charge in [-0.25, -0.2) is 0 Å². The van der Waals surface area contributed by atoms with Gasteiger partial charge in [-0.1, -0.05) is 29.8 Å². The Labute approximate surface area is 119 Å². The van der Waals surface area contributed by atoms with Crippen LogP contribution in [-0.2, 0) is 0 Å². The van der Waals surface area contributed by atoms with Crippen LogP contribution in [0.5, 0.6) is 0 Å². The van der Waals surface area contributed by atoms with Crippen molar-refractivity contribution in [1.29, 1.82) is 0 Å². The molecule has 0 saturated heterocycles. The first-order valence-electron chi connectivity index (χ1n) is 5.94. The van der Waals surface area contributed by atoms with Gasteiger partial charge in [-0.15, -0.1) is 0 Å². The molecule has 3 rings (SSSR count). The van der Waals surface area contributed by atoms with Crippen LogP contribution in [0, 0.1) is 0 Å². The lowest BCUT2D eigenvalue weighted by Crippen LogP contribution is -2.12. The zero-order valence-corrected chi connectivity index (χ0v) is 11.1. The molecule has 1 amide bonds. The van der Waals surface area contributed by atoms with E-state index in [9.17, 15) is 4.79 Å². The molecular weight excluding hydrogens is 276 g/mol. The first kappa shape index (κ1) is 12.5. The highest BCUT2D eigenvalue weighted by Crippen LogP contribution is 2.29. The van der Waals surface area contributed by atoms with Crippen LogP contribution in [0.25, 0.3) is 10.9 Å². The number of H-pyrrole nitrogens is 1.